The molecule has 1 aromatic rings. The van der Waals surface area contributed by atoms with Gasteiger partial charge in [-0.05, 0) is 42.4 Å². The monoisotopic (exact) mass is 238 g/mol. The van der Waals surface area contributed by atoms with Crippen molar-refractivity contribution >= 4 is 6.08 Å². The molecule has 1 saturated carbocycles. The largest absolute Gasteiger partial charge is 0.497 e. The molecule has 2 aliphatic rings. The fourth-order valence-electron chi connectivity index (χ4n) is 2.86. The van der Waals surface area contributed by atoms with Crippen LogP contribution in [0.4, 0.5) is 0 Å². The average molecular weight is 238 g/mol. The molecule has 1 nitrogen and oxygen atoms in total. The van der Waals surface area contributed by atoms with E-state index in [0.29, 0.717) is 5.92 Å². The van der Waals surface area contributed by atoms with E-state index in [1.54, 1.807) is 12.7 Å². The van der Waals surface area contributed by atoms with Gasteiger partial charge in [-0.2, -0.15) is 0 Å². The van der Waals surface area contributed by atoms with E-state index in [1.807, 2.05) is 12.1 Å². The van der Waals surface area contributed by atoms with E-state index in [-0.39, 0.29) is 0 Å². The topological polar surface area (TPSA) is 9.23 Å². The summed E-state index contributed by atoms with van der Waals surface area (Å²) in [6, 6.07) is 8.30. The molecule has 1 heteroatoms. The van der Waals surface area contributed by atoms with Crippen molar-refractivity contribution in [3.8, 4) is 5.75 Å². The van der Waals surface area contributed by atoms with E-state index in [2.05, 4.69) is 42.5 Å². The van der Waals surface area contributed by atoms with E-state index < -0.39 is 0 Å². The summed E-state index contributed by atoms with van der Waals surface area (Å²) in [5.74, 6) is 2.28. The number of benzene rings is 1. The smallest absolute Gasteiger partial charge is 0.118 e. The molecule has 92 valence electrons. The highest BCUT2D eigenvalue weighted by Gasteiger charge is 2.26. The number of rotatable bonds is 2. The third-order valence-corrected chi connectivity index (χ3v) is 3.84. The molecule has 1 fully saturated rings. The maximum atomic E-state index is 5.18. The van der Waals surface area contributed by atoms with E-state index in [9.17, 15) is 0 Å². The number of hydrogen-bond acceptors (Lipinski definition) is 1. The van der Waals surface area contributed by atoms with Gasteiger partial charge in [-0.25, -0.2) is 0 Å². The maximum absolute atomic E-state index is 5.18. The summed E-state index contributed by atoms with van der Waals surface area (Å²) in [6.07, 6.45) is 13.9. The van der Waals surface area contributed by atoms with Crippen LogP contribution in [0.5, 0.6) is 5.75 Å². The van der Waals surface area contributed by atoms with Gasteiger partial charge in [-0.3, -0.25) is 0 Å². The van der Waals surface area contributed by atoms with Crippen molar-refractivity contribution in [1.82, 2.24) is 0 Å². The Morgan fingerprint density at radius 1 is 1.11 bits per heavy atom. The standard InChI is InChI=1S/C17H18O/c1-18-17-8-6-13(7-9-17)10-16-12-14-4-2-3-5-15(16)11-14/h2-10,14-15H,11-12H2,1H3/b16-10+/t14-,15+/m1/s1. The highest BCUT2D eigenvalue weighted by molar-refractivity contribution is 5.56. The SMILES string of the molecule is COc1ccc(/C=C2\C[C@@H]3C=CC=C[C@H]2C3)cc1. The minimum atomic E-state index is 0.632. The van der Waals surface area contributed by atoms with Crippen molar-refractivity contribution in [2.45, 2.75) is 12.8 Å². The Balaban J connectivity index is 1.83. The van der Waals surface area contributed by atoms with Crippen molar-refractivity contribution in [3.63, 3.8) is 0 Å². The van der Waals surface area contributed by atoms with Gasteiger partial charge in [0.25, 0.3) is 0 Å². The van der Waals surface area contributed by atoms with Gasteiger partial charge in [0.2, 0.25) is 0 Å². The molecule has 0 aromatic heterocycles. The van der Waals surface area contributed by atoms with Gasteiger partial charge in [-0.15, -0.1) is 0 Å². The maximum Gasteiger partial charge on any atom is 0.118 e. The van der Waals surface area contributed by atoms with Crippen LogP contribution >= 0.6 is 0 Å². The predicted molar refractivity (Wildman–Crippen MR) is 75.5 cm³/mol. The minimum absolute atomic E-state index is 0.632. The molecule has 0 spiro atoms. The van der Waals surface area contributed by atoms with Gasteiger partial charge in [0.1, 0.15) is 5.75 Å². The summed E-state index contributed by atoms with van der Waals surface area (Å²) in [5.41, 5.74) is 2.83. The zero-order chi connectivity index (χ0) is 12.4. The van der Waals surface area contributed by atoms with Gasteiger partial charge in [-0.1, -0.05) is 48.1 Å². The molecular formula is C17H18O. The molecule has 3 rings (SSSR count). The summed E-state index contributed by atoms with van der Waals surface area (Å²) < 4.78 is 5.18. The van der Waals surface area contributed by atoms with Gasteiger partial charge < -0.3 is 4.74 Å². The number of methoxy groups -OCH3 is 1. The molecule has 1 aromatic carbocycles. The third kappa shape index (κ3) is 2.26. The molecule has 2 bridgehead atoms. The minimum Gasteiger partial charge on any atom is -0.497 e. The first-order valence-electron chi connectivity index (χ1n) is 6.54. The number of ether oxygens (including phenoxy) is 1. The Labute approximate surface area is 108 Å². The molecule has 0 heterocycles. The average Bonchev–Trinajstić information content (AvgIpc) is 2.61. The first-order chi connectivity index (χ1) is 8.85. The molecule has 0 N–H and O–H groups in total. The summed E-state index contributed by atoms with van der Waals surface area (Å²) in [4.78, 5) is 0. The lowest BCUT2D eigenvalue weighted by molar-refractivity contribution is 0.415. The second-order valence-corrected chi connectivity index (χ2v) is 5.07. The molecule has 18 heavy (non-hydrogen) atoms. The quantitative estimate of drug-likeness (QED) is 0.749. The molecule has 2 atom stereocenters. The molecule has 0 aliphatic heterocycles. The lowest BCUT2D eigenvalue weighted by Gasteiger charge is -2.07. The molecule has 0 unspecified atom stereocenters. The molecule has 0 amide bonds. The van der Waals surface area contributed by atoms with E-state index >= 15 is 0 Å². The number of hydrogen-bond donors (Lipinski definition) is 0. The van der Waals surface area contributed by atoms with Crippen LogP contribution in [0.2, 0.25) is 0 Å². The van der Waals surface area contributed by atoms with Crippen LogP contribution in [-0.4, -0.2) is 7.11 Å². The van der Waals surface area contributed by atoms with Crippen LogP contribution in [-0.2, 0) is 0 Å². The zero-order valence-electron chi connectivity index (χ0n) is 10.7. The van der Waals surface area contributed by atoms with Gasteiger partial charge in [0.05, 0.1) is 7.11 Å². The second kappa shape index (κ2) is 4.85. The lowest BCUT2D eigenvalue weighted by Crippen LogP contribution is -1.91. The van der Waals surface area contributed by atoms with E-state index in [0.717, 1.165) is 11.7 Å². The first-order valence-corrected chi connectivity index (χ1v) is 6.54. The second-order valence-electron chi connectivity index (χ2n) is 5.07. The summed E-state index contributed by atoms with van der Waals surface area (Å²) in [5, 5.41) is 0. The Bertz CT molecular complexity index is 505. The summed E-state index contributed by atoms with van der Waals surface area (Å²) in [6.45, 7) is 0. The Kier molecular flexibility index (Phi) is 3.06. The van der Waals surface area contributed by atoms with E-state index in [1.165, 1.54) is 18.4 Å². The summed E-state index contributed by atoms with van der Waals surface area (Å²) in [7, 11) is 1.70. The van der Waals surface area contributed by atoms with Crippen molar-refractivity contribution in [2.24, 2.45) is 11.8 Å². The van der Waals surface area contributed by atoms with Crippen LogP contribution < -0.4 is 4.74 Å². The molecule has 2 aliphatic carbocycles. The Morgan fingerprint density at radius 3 is 2.67 bits per heavy atom. The van der Waals surface area contributed by atoms with Crippen LogP contribution in [0.15, 0.2) is 54.1 Å². The summed E-state index contributed by atoms with van der Waals surface area (Å²) >= 11 is 0. The highest BCUT2D eigenvalue weighted by Crippen LogP contribution is 2.40. The van der Waals surface area contributed by atoms with Crippen LogP contribution in [0.3, 0.4) is 0 Å². The van der Waals surface area contributed by atoms with Crippen LogP contribution in [0.25, 0.3) is 6.08 Å². The Hall–Kier alpha value is -1.76. The fraction of sp³-hybridized carbons (Fsp3) is 0.294. The molecule has 0 saturated heterocycles. The van der Waals surface area contributed by atoms with Crippen LogP contribution in [0.1, 0.15) is 18.4 Å². The van der Waals surface area contributed by atoms with Crippen molar-refractivity contribution in [3.05, 3.63) is 59.7 Å². The van der Waals surface area contributed by atoms with Crippen LogP contribution in [0, 0.1) is 11.8 Å². The van der Waals surface area contributed by atoms with Gasteiger partial charge >= 0.3 is 0 Å². The lowest BCUT2D eigenvalue weighted by atomic mass is 9.99. The normalized spacial score (nSPS) is 27.5. The van der Waals surface area contributed by atoms with Crippen molar-refractivity contribution in [2.75, 3.05) is 7.11 Å². The third-order valence-electron chi connectivity index (χ3n) is 3.84. The van der Waals surface area contributed by atoms with Crippen molar-refractivity contribution in [1.29, 1.82) is 0 Å². The van der Waals surface area contributed by atoms with Crippen molar-refractivity contribution < 1.29 is 4.74 Å². The van der Waals surface area contributed by atoms with Gasteiger partial charge in [0, 0.05) is 0 Å². The van der Waals surface area contributed by atoms with E-state index in [4.69, 9.17) is 4.74 Å². The fourth-order valence-corrected chi connectivity index (χ4v) is 2.86. The van der Waals surface area contributed by atoms with Gasteiger partial charge in [0.15, 0.2) is 0 Å². The zero-order valence-corrected chi connectivity index (χ0v) is 10.7. The highest BCUT2D eigenvalue weighted by atomic mass is 16.5. The molecule has 0 radical (unpaired) electrons. The first kappa shape index (κ1) is 11.3. The molecular weight excluding hydrogens is 220 g/mol. The predicted octanol–water partition coefficient (Wildman–Crippen LogP) is 4.23. The Morgan fingerprint density at radius 2 is 1.89 bits per heavy atom. The number of allylic oxidation sites excluding steroid dienone is 5. The number of fused-ring (bicyclic) bond motifs is 2.